The van der Waals surface area contributed by atoms with Crippen molar-refractivity contribution in [3.05, 3.63) is 63.9 Å². The lowest BCUT2D eigenvalue weighted by Crippen LogP contribution is -2.44. The van der Waals surface area contributed by atoms with Gasteiger partial charge in [-0.05, 0) is 30.7 Å². The Morgan fingerprint density at radius 1 is 1.25 bits per heavy atom. The van der Waals surface area contributed by atoms with E-state index in [0.717, 1.165) is 24.2 Å². The molecule has 1 heterocycles. The van der Waals surface area contributed by atoms with Crippen molar-refractivity contribution < 1.29 is 18.7 Å². The molecule has 7 heteroatoms. The first kappa shape index (κ1) is 20.8. The van der Waals surface area contributed by atoms with Gasteiger partial charge in [0.05, 0.1) is 19.3 Å². The van der Waals surface area contributed by atoms with Crippen molar-refractivity contribution in [2.45, 2.75) is 13.0 Å². The summed E-state index contributed by atoms with van der Waals surface area (Å²) in [7, 11) is 0. The van der Waals surface area contributed by atoms with E-state index in [0.29, 0.717) is 24.2 Å². The first-order valence-corrected chi connectivity index (χ1v) is 10.0. The largest absolute Gasteiger partial charge is 0.481 e. The SMILES string of the molecule is Cc1ccc([C@@H](CN2CCOCC2)NC(=O)COc2ccc(Br)cc2F)cc1. The Labute approximate surface area is 172 Å². The highest BCUT2D eigenvalue weighted by Crippen LogP contribution is 2.21. The Hall–Kier alpha value is -1.96. The lowest BCUT2D eigenvalue weighted by atomic mass is 10.0. The Bertz CT molecular complexity index is 795. The van der Waals surface area contributed by atoms with Gasteiger partial charge < -0.3 is 14.8 Å². The van der Waals surface area contributed by atoms with Gasteiger partial charge in [-0.2, -0.15) is 0 Å². The van der Waals surface area contributed by atoms with Crippen molar-refractivity contribution in [2.24, 2.45) is 0 Å². The lowest BCUT2D eigenvalue weighted by Gasteiger charge is -2.31. The topological polar surface area (TPSA) is 50.8 Å². The van der Waals surface area contributed by atoms with E-state index < -0.39 is 5.82 Å². The summed E-state index contributed by atoms with van der Waals surface area (Å²) >= 11 is 3.20. The van der Waals surface area contributed by atoms with Crippen LogP contribution in [0.2, 0.25) is 0 Å². The summed E-state index contributed by atoms with van der Waals surface area (Å²) in [5.74, 6) is -0.745. The fourth-order valence-corrected chi connectivity index (χ4v) is 3.38. The van der Waals surface area contributed by atoms with Crippen LogP contribution in [-0.2, 0) is 9.53 Å². The number of amides is 1. The van der Waals surface area contributed by atoms with Crippen LogP contribution in [0.4, 0.5) is 4.39 Å². The number of carbonyl (C=O) groups excluding carboxylic acids is 1. The molecule has 0 aromatic heterocycles. The lowest BCUT2D eigenvalue weighted by molar-refractivity contribution is -0.124. The second-order valence-corrected chi connectivity index (χ2v) is 7.72. The van der Waals surface area contributed by atoms with Gasteiger partial charge in [0.1, 0.15) is 0 Å². The molecule has 1 aliphatic heterocycles. The van der Waals surface area contributed by atoms with Crippen LogP contribution in [0.1, 0.15) is 17.2 Å². The number of hydrogen-bond donors (Lipinski definition) is 1. The Morgan fingerprint density at radius 3 is 2.64 bits per heavy atom. The third-order valence-electron chi connectivity index (χ3n) is 4.61. The van der Waals surface area contributed by atoms with Crippen molar-refractivity contribution >= 4 is 21.8 Å². The number of hydrogen-bond acceptors (Lipinski definition) is 4. The van der Waals surface area contributed by atoms with Crippen molar-refractivity contribution in [3.8, 4) is 5.75 Å². The van der Waals surface area contributed by atoms with Gasteiger partial charge in [0, 0.05) is 24.1 Å². The molecule has 1 N–H and O–H groups in total. The Balaban J connectivity index is 1.63. The highest BCUT2D eigenvalue weighted by atomic mass is 79.9. The summed E-state index contributed by atoms with van der Waals surface area (Å²) < 4.78 is 25.2. The molecule has 1 amide bonds. The van der Waals surface area contributed by atoms with E-state index in [2.05, 4.69) is 26.1 Å². The summed E-state index contributed by atoms with van der Waals surface area (Å²) in [6.07, 6.45) is 0. The van der Waals surface area contributed by atoms with Crippen LogP contribution in [0.25, 0.3) is 0 Å². The molecule has 0 aliphatic carbocycles. The average Bonchev–Trinajstić information content (AvgIpc) is 2.68. The Morgan fingerprint density at radius 2 is 1.96 bits per heavy atom. The number of benzene rings is 2. The highest BCUT2D eigenvalue weighted by Gasteiger charge is 2.20. The number of halogens is 2. The zero-order valence-electron chi connectivity index (χ0n) is 15.8. The maximum Gasteiger partial charge on any atom is 0.258 e. The fourth-order valence-electron chi connectivity index (χ4n) is 3.05. The number of nitrogens with zero attached hydrogens (tertiary/aromatic N) is 1. The van der Waals surface area contributed by atoms with Gasteiger partial charge in [-0.1, -0.05) is 45.8 Å². The summed E-state index contributed by atoms with van der Waals surface area (Å²) in [4.78, 5) is 14.7. The zero-order chi connectivity index (χ0) is 19.9. The summed E-state index contributed by atoms with van der Waals surface area (Å²) in [5.41, 5.74) is 2.19. The van der Waals surface area contributed by atoms with E-state index in [1.54, 1.807) is 6.07 Å². The third kappa shape index (κ3) is 6.02. The highest BCUT2D eigenvalue weighted by molar-refractivity contribution is 9.10. The molecule has 28 heavy (non-hydrogen) atoms. The fraction of sp³-hybridized carbons (Fsp3) is 0.381. The van der Waals surface area contributed by atoms with Gasteiger partial charge >= 0.3 is 0 Å². The van der Waals surface area contributed by atoms with Crippen molar-refractivity contribution in [2.75, 3.05) is 39.5 Å². The monoisotopic (exact) mass is 450 g/mol. The van der Waals surface area contributed by atoms with Crippen molar-refractivity contribution in [1.82, 2.24) is 10.2 Å². The van der Waals surface area contributed by atoms with Crippen molar-refractivity contribution in [3.63, 3.8) is 0 Å². The minimum Gasteiger partial charge on any atom is -0.481 e. The number of ether oxygens (including phenoxy) is 2. The smallest absolute Gasteiger partial charge is 0.258 e. The van der Waals surface area contributed by atoms with E-state index in [4.69, 9.17) is 9.47 Å². The number of nitrogens with one attached hydrogen (secondary N) is 1. The van der Waals surface area contributed by atoms with Crippen LogP contribution >= 0.6 is 15.9 Å². The number of morpholine rings is 1. The third-order valence-corrected chi connectivity index (χ3v) is 5.11. The molecule has 0 saturated carbocycles. The quantitative estimate of drug-likeness (QED) is 0.701. The molecule has 0 bridgehead atoms. The summed E-state index contributed by atoms with van der Waals surface area (Å²) in [5, 5.41) is 3.02. The molecule has 5 nitrogen and oxygen atoms in total. The standard InChI is InChI=1S/C21H24BrFN2O3/c1-15-2-4-16(5-3-15)19(13-25-8-10-27-11-9-25)24-21(26)14-28-20-7-6-17(22)12-18(20)23/h2-7,12,19H,8-11,13-14H2,1H3,(H,24,26)/t19-/m1/s1. The minimum absolute atomic E-state index is 0.0541. The van der Waals surface area contributed by atoms with Gasteiger partial charge in [-0.25, -0.2) is 4.39 Å². The van der Waals surface area contributed by atoms with Crippen LogP contribution < -0.4 is 10.1 Å². The molecule has 150 valence electrons. The second-order valence-electron chi connectivity index (χ2n) is 6.81. The van der Waals surface area contributed by atoms with Crippen LogP contribution in [0.15, 0.2) is 46.9 Å². The van der Waals surface area contributed by atoms with E-state index in [-0.39, 0.29) is 24.3 Å². The van der Waals surface area contributed by atoms with Crippen LogP contribution in [0.5, 0.6) is 5.75 Å². The van der Waals surface area contributed by atoms with Gasteiger partial charge in [0.2, 0.25) is 0 Å². The van der Waals surface area contributed by atoms with E-state index in [1.165, 1.54) is 12.1 Å². The molecular formula is C21H24BrFN2O3. The molecule has 2 aromatic rings. The van der Waals surface area contributed by atoms with Gasteiger partial charge in [0.25, 0.3) is 5.91 Å². The maximum absolute atomic E-state index is 13.9. The molecule has 3 rings (SSSR count). The van der Waals surface area contributed by atoms with Gasteiger partial charge in [-0.15, -0.1) is 0 Å². The van der Waals surface area contributed by atoms with E-state index >= 15 is 0 Å². The summed E-state index contributed by atoms with van der Waals surface area (Å²) in [6.45, 7) is 5.52. The minimum atomic E-state index is -0.509. The molecule has 1 fully saturated rings. The van der Waals surface area contributed by atoms with E-state index in [9.17, 15) is 9.18 Å². The van der Waals surface area contributed by atoms with Crippen molar-refractivity contribution in [1.29, 1.82) is 0 Å². The molecule has 1 aliphatic rings. The first-order chi connectivity index (χ1) is 13.5. The predicted molar refractivity (Wildman–Crippen MR) is 109 cm³/mol. The van der Waals surface area contributed by atoms with Crippen LogP contribution in [0.3, 0.4) is 0 Å². The normalized spacial score (nSPS) is 15.8. The second kappa shape index (κ2) is 10.0. The molecule has 1 atom stereocenters. The van der Waals surface area contributed by atoms with E-state index in [1.807, 2.05) is 31.2 Å². The average molecular weight is 451 g/mol. The van der Waals surface area contributed by atoms with Crippen LogP contribution in [0, 0.1) is 12.7 Å². The molecule has 0 radical (unpaired) electrons. The molecular weight excluding hydrogens is 427 g/mol. The number of aryl methyl sites for hydroxylation is 1. The Kier molecular flexibility index (Phi) is 7.42. The predicted octanol–water partition coefficient (Wildman–Crippen LogP) is 3.47. The van der Waals surface area contributed by atoms with Gasteiger partial charge in [0.15, 0.2) is 18.2 Å². The van der Waals surface area contributed by atoms with Gasteiger partial charge in [-0.3, -0.25) is 9.69 Å². The molecule has 1 saturated heterocycles. The molecule has 0 spiro atoms. The zero-order valence-corrected chi connectivity index (χ0v) is 17.4. The number of carbonyl (C=O) groups is 1. The first-order valence-electron chi connectivity index (χ1n) is 9.25. The van der Waals surface area contributed by atoms with Crippen LogP contribution in [-0.4, -0.2) is 50.3 Å². The summed E-state index contributed by atoms with van der Waals surface area (Å²) in [6, 6.07) is 12.4. The molecule has 0 unspecified atom stereocenters. The number of rotatable bonds is 7. The maximum atomic E-state index is 13.9. The molecule has 2 aromatic carbocycles.